The molecule has 0 amide bonds. The third-order valence-electron chi connectivity index (χ3n) is 3.61. The van der Waals surface area contributed by atoms with Gasteiger partial charge in [-0.25, -0.2) is 0 Å². The molecule has 82 valence electrons. The molecule has 2 rings (SSSR count). The summed E-state index contributed by atoms with van der Waals surface area (Å²) < 4.78 is 0. The summed E-state index contributed by atoms with van der Waals surface area (Å²) in [6, 6.07) is 4.52. The van der Waals surface area contributed by atoms with E-state index in [9.17, 15) is 0 Å². The van der Waals surface area contributed by atoms with Gasteiger partial charge in [0.25, 0.3) is 0 Å². The molecule has 1 aliphatic rings. The van der Waals surface area contributed by atoms with Gasteiger partial charge in [0.2, 0.25) is 0 Å². The molecule has 1 saturated carbocycles. The van der Waals surface area contributed by atoms with E-state index >= 15 is 0 Å². The molecule has 2 heteroatoms. The fourth-order valence-electron chi connectivity index (χ4n) is 2.80. The SMILES string of the molecule is CC(N)C1CCCCC1c1cccnc1. The molecule has 1 aromatic rings. The molecule has 3 unspecified atom stereocenters. The molecule has 1 fully saturated rings. The lowest BCUT2D eigenvalue weighted by atomic mass is 9.73. The van der Waals surface area contributed by atoms with Gasteiger partial charge >= 0.3 is 0 Å². The zero-order valence-corrected chi connectivity index (χ0v) is 9.39. The Morgan fingerprint density at radius 1 is 1.40 bits per heavy atom. The highest BCUT2D eigenvalue weighted by molar-refractivity contribution is 5.17. The van der Waals surface area contributed by atoms with Crippen molar-refractivity contribution in [3.63, 3.8) is 0 Å². The van der Waals surface area contributed by atoms with E-state index in [2.05, 4.69) is 18.0 Å². The zero-order valence-electron chi connectivity index (χ0n) is 9.39. The lowest BCUT2D eigenvalue weighted by molar-refractivity contribution is 0.271. The zero-order chi connectivity index (χ0) is 10.7. The van der Waals surface area contributed by atoms with Gasteiger partial charge < -0.3 is 5.73 Å². The molecule has 1 aliphatic carbocycles. The minimum atomic E-state index is 0.301. The van der Waals surface area contributed by atoms with E-state index < -0.39 is 0 Å². The summed E-state index contributed by atoms with van der Waals surface area (Å²) in [7, 11) is 0. The average Bonchev–Trinajstić information content (AvgIpc) is 2.30. The van der Waals surface area contributed by atoms with Crippen LogP contribution in [0.2, 0.25) is 0 Å². The largest absolute Gasteiger partial charge is 0.328 e. The smallest absolute Gasteiger partial charge is 0.0302 e. The van der Waals surface area contributed by atoms with Crippen LogP contribution < -0.4 is 5.73 Å². The summed E-state index contributed by atoms with van der Waals surface area (Å²) in [4.78, 5) is 4.21. The minimum Gasteiger partial charge on any atom is -0.328 e. The Morgan fingerprint density at radius 2 is 2.20 bits per heavy atom. The molecular weight excluding hydrogens is 184 g/mol. The van der Waals surface area contributed by atoms with E-state index in [-0.39, 0.29) is 0 Å². The molecular formula is C13H20N2. The highest BCUT2D eigenvalue weighted by atomic mass is 14.7. The maximum atomic E-state index is 6.07. The minimum absolute atomic E-state index is 0.301. The molecule has 1 aromatic heterocycles. The first-order valence-electron chi connectivity index (χ1n) is 5.94. The second-order valence-electron chi connectivity index (χ2n) is 4.70. The first kappa shape index (κ1) is 10.6. The second-order valence-corrected chi connectivity index (χ2v) is 4.70. The predicted molar refractivity (Wildman–Crippen MR) is 62.6 cm³/mol. The van der Waals surface area contributed by atoms with E-state index in [1.807, 2.05) is 18.5 Å². The molecule has 0 radical (unpaired) electrons. The quantitative estimate of drug-likeness (QED) is 0.804. The highest BCUT2D eigenvalue weighted by Gasteiger charge is 2.28. The first-order chi connectivity index (χ1) is 7.29. The summed E-state index contributed by atoms with van der Waals surface area (Å²) in [5.74, 6) is 1.27. The van der Waals surface area contributed by atoms with Gasteiger partial charge in [0.1, 0.15) is 0 Å². The monoisotopic (exact) mass is 204 g/mol. The van der Waals surface area contributed by atoms with Crippen molar-refractivity contribution < 1.29 is 0 Å². The lowest BCUT2D eigenvalue weighted by Crippen LogP contribution is -2.33. The maximum Gasteiger partial charge on any atom is 0.0302 e. The van der Waals surface area contributed by atoms with Gasteiger partial charge in [-0.15, -0.1) is 0 Å². The normalized spacial score (nSPS) is 28.7. The predicted octanol–water partition coefficient (Wildman–Crippen LogP) is 2.70. The number of hydrogen-bond acceptors (Lipinski definition) is 2. The van der Waals surface area contributed by atoms with Crippen molar-refractivity contribution in [3.05, 3.63) is 30.1 Å². The van der Waals surface area contributed by atoms with Gasteiger partial charge in [-0.2, -0.15) is 0 Å². The Kier molecular flexibility index (Phi) is 3.37. The van der Waals surface area contributed by atoms with Crippen molar-refractivity contribution in [2.75, 3.05) is 0 Å². The van der Waals surface area contributed by atoms with Gasteiger partial charge in [0, 0.05) is 18.4 Å². The lowest BCUT2D eigenvalue weighted by Gasteiger charge is -2.34. The van der Waals surface area contributed by atoms with Gasteiger partial charge in [-0.1, -0.05) is 18.9 Å². The van der Waals surface area contributed by atoms with Crippen molar-refractivity contribution in [1.82, 2.24) is 4.98 Å². The molecule has 0 aliphatic heterocycles. The molecule has 0 aromatic carbocycles. The van der Waals surface area contributed by atoms with Gasteiger partial charge in [0.15, 0.2) is 0 Å². The summed E-state index contributed by atoms with van der Waals surface area (Å²) in [5, 5.41) is 0. The third-order valence-corrected chi connectivity index (χ3v) is 3.61. The second kappa shape index (κ2) is 4.75. The van der Waals surface area contributed by atoms with E-state index in [1.54, 1.807) is 0 Å². The van der Waals surface area contributed by atoms with Crippen LogP contribution in [0.4, 0.5) is 0 Å². The molecule has 2 nitrogen and oxygen atoms in total. The summed E-state index contributed by atoms with van der Waals surface area (Å²) in [6.07, 6.45) is 9.07. The standard InChI is InChI=1S/C13H20N2/c1-10(14)12-6-2-3-7-13(12)11-5-4-8-15-9-11/h4-5,8-10,12-13H,2-3,6-7,14H2,1H3. The molecule has 0 bridgehead atoms. The summed E-state index contributed by atoms with van der Waals surface area (Å²) in [6.45, 7) is 2.14. The maximum absolute atomic E-state index is 6.07. The van der Waals surface area contributed by atoms with E-state index in [1.165, 1.54) is 31.2 Å². The Balaban J connectivity index is 2.18. The molecule has 3 atom stereocenters. The third kappa shape index (κ3) is 2.37. The van der Waals surface area contributed by atoms with Crippen LogP contribution >= 0.6 is 0 Å². The fourth-order valence-corrected chi connectivity index (χ4v) is 2.80. The molecule has 15 heavy (non-hydrogen) atoms. The van der Waals surface area contributed by atoms with Crippen LogP contribution in [0.1, 0.15) is 44.1 Å². The molecule has 0 saturated heterocycles. The van der Waals surface area contributed by atoms with Crippen LogP contribution in [-0.2, 0) is 0 Å². The Hall–Kier alpha value is -0.890. The number of nitrogens with zero attached hydrogens (tertiary/aromatic N) is 1. The number of aromatic nitrogens is 1. The Bertz CT molecular complexity index is 295. The summed E-state index contributed by atoms with van der Waals surface area (Å²) in [5.41, 5.74) is 7.45. The van der Waals surface area contributed by atoms with Crippen molar-refractivity contribution in [3.8, 4) is 0 Å². The number of nitrogens with two attached hydrogens (primary N) is 1. The average molecular weight is 204 g/mol. The topological polar surface area (TPSA) is 38.9 Å². The van der Waals surface area contributed by atoms with E-state index in [0.717, 1.165) is 0 Å². The van der Waals surface area contributed by atoms with Crippen LogP contribution in [0.15, 0.2) is 24.5 Å². The van der Waals surface area contributed by atoms with Gasteiger partial charge in [-0.05, 0) is 43.2 Å². The molecule has 0 spiro atoms. The number of hydrogen-bond donors (Lipinski definition) is 1. The van der Waals surface area contributed by atoms with E-state index in [0.29, 0.717) is 17.9 Å². The van der Waals surface area contributed by atoms with Gasteiger partial charge in [0.05, 0.1) is 0 Å². The van der Waals surface area contributed by atoms with Crippen molar-refractivity contribution in [2.45, 2.75) is 44.6 Å². The number of pyridine rings is 1. The fraction of sp³-hybridized carbons (Fsp3) is 0.615. The summed E-state index contributed by atoms with van der Waals surface area (Å²) >= 11 is 0. The molecule has 1 heterocycles. The van der Waals surface area contributed by atoms with Crippen molar-refractivity contribution >= 4 is 0 Å². The van der Waals surface area contributed by atoms with Crippen molar-refractivity contribution in [1.29, 1.82) is 0 Å². The molecule has 2 N–H and O–H groups in total. The van der Waals surface area contributed by atoms with E-state index in [4.69, 9.17) is 5.73 Å². The number of rotatable bonds is 2. The highest BCUT2D eigenvalue weighted by Crippen LogP contribution is 2.38. The van der Waals surface area contributed by atoms with Gasteiger partial charge in [-0.3, -0.25) is 4.98 Å². The van der Waals surface area contributed by atoms with Crippen LogP contribution in [0.5, 0.6) is 0 Å². The van der Waals surface area contributed by atoms with Crippen LogP contribution in [-0.4, -0.2) is 11.0 Å². The first-order valence-corrected chi connectivity index (χ1v) is 5.94. The van der Waals surface area contributed by atoms with Crippen molar-refractivity contribution in [2.24, 2.45) is 11.7 Å². The van der Waals surface area contributed by atoms with Crippen LogP contribution in [0, 0.1) is 5.92 Å². The van der Waals surface area contributed by atoms with Crippen LogP contribution in [0.3, 0.4) is 0 Å². The Labute approximate surface area is 91.9 Å². The van der Waals surface area contributed by atoms with Crippen LogP contribution in [0.25, 0.3) is 0 Å². The Morgan fingerprint density at radius 3 is 2.87 bits per heavy atom.